The monoisotopic (exact) mass is 337 g/mol. The fourth-order valence-electron chi connectivity index (χ4n) is 0.193. The molecule has 0 aromatic rings. The van der Waals surface area contributed by atoms with Crippen LogP contribution in [-0.2, 0) is 0 Å². The lowest BCUT2D eigenvalue weighted by Gasteiger charge is -1.82. The Morgan fingerprint density at radius 2 is 2.12 bits per heavy atom. The summed E-state index contributed by atoms with van der Waals surface area (Å²) in [6.45, 7) is 1.93. The number of rotatable bonds is 1. The first-order valence-electron chi connectivity index (χ1n) is 1.88. The Morgan fingerprint density at radius 3 is 2.25 bits per heavy atom. The molecular formula is C4H5I2NO. The molecule has 0 aromatic heterocycles. The van der Waals surface area contributed by atoms with Gasteiger partial charge in [-0.3, -0.25) is 0 Å². The second-order valence-corrected chi connectivity index (χ2v) is 3.96. The summed E-state index contributed by atoms with van der Waals surface area (Å²) < 4.78 is 1.71. The quantitative estimate of drug-likeness (QED) is 0.339. The Kier molecular flexibility index (Phi) is 4.92. The zero-order chi connectivity index (χ0) is 6.57. The fourth-order valence-corrected chi connectivity index (χ4v) is 1.55. The van der Waals surface area contributed by atoms with Crippen molar-refractivity contribution in [2.45, 2.75) is 6.92 Å². The van der Waals surface area contributed by atoms with Crippen LogP contribution >= 0.6 is 45.2 Å². The molecule has 0 amide bonds. The van der Waals surface area contributed by atoms with Crippen molar-refractivity contribution < 1.29 is 5.21 Å². The number of hydrogen-bond donors (Lipinski definition) is 1. The van der Waals surface area contributed by atoms with Crippen LogP contribution in [0.3, 0.4) is 0 Å². The van der Waals surface area contributed by atoms with Crippen LogP contribution in [0.15, 0.2) is 14.8 Å². The van der Waals surface area contributed by atoms with Crippen molar-refractivity contribution in [2.24, 2.45) is 5.16 Å². The van der Waals surface area contributed by atoms with E-state index in [-0.39, 0.29) is 0 Å². The van der Waals surface area contributed by atoms with E-state index < -0.39 is 0 Å². The van der Waals surface area contributed by atoms with Crippen molar-refractivity contribution >= 4 is 48.9 Å². The number of allylic oxidation sites excluding steroid dienone is 2. The average molecular weight is 337 g/mol. The van der Waals surface area contributed by atoms with Gasteiger partial charge >= 0.3 is 0 Å². The maximum Gasteiger partial charge on any atom is 0.141 e. The molecular weight excluding hydrogens is 332 g/mol. The van der Waals surface area contributed by atoms with Gasteiger partial charge in [0.2, 0.25) is 0 Å². The number of halogens is 2. The van der Waals surface area contributed by atoms with Gasteiger partial charge in [-0.15, -0.1) is 0 Å². The average Bonchev–Trinajstić information content (AvgIpc) is 1.65. The van der Waals surface area contributed by atoms with Gasteiger partial charge < -0.3 is 5.21 Å². The molecule has 0 atom stereocenters. The Morgan fingerprint density at radius 1 is 1.62 bits per heavy atom. The third-order valence-electron chi connectivity index (χ3n) is 0.414. The van der Waals surface area contributed by atoms with Gasteiger partial charge in [0.25, 0.3) is 0 Å². The SMILES string of the molecule is C/C(I)=C/C(I)=N\O. The summed E-state index contributed by atoms with van der Waals surface area (Å²) in [5.41, 5.74) is 0. The van der Waals surface area contributed by atoms with E-state index in [1.54, 1.807) is 6.08 Å². The summed E-state index contributed by atoms with van der Waals surface area (Å²) in [4.78, 5) is 0. The van der Waals surface area contributed by atoms with Gasteiger partial charge in [-0.2, -0.15) is 0 Å². The molecule has 0 bridgehead atoms. The molecule has 0 saturated heterocycles. The second-order valence-electron chi connectivity index (χ2n) is 1.15. The first-order valence-corrected chi connectivity index (χ1v) is 4.04. The highest BCUT2D eigenvalue weighted by atomic mass is 127. The molecule has 0 heterocycles. The topological polar surface area (TPSA) is 32.6 Å². The van der Waals surface area contributed by atoms with Crippen molar-refractivity contribution in [3.8, 4) is 0 Å². The third-order valence-corrected chi connectivity index (χ3v) is 1.25. The highest BCUT2D eigenvalue weighted by molar-refractivity contribution is 14.1. The van der Waals surface area contributed by atoms with Crippen LogP contribution in [0.1, 0.15) is 6.92 Å². The van der Waals surface area contributed by atoms with Crippen LogP contribution in [0.25, 0.3) is 0 Å². The second kappa shape index (κ2) is 4.54. The lowest BCUT2D eigenvalue weighted by molar-refractivity contribution is 0.321. The summed E-state index contributed by atoms with van der Waals surface area (Å²) in [6, 6.07) is 0. The smallest absolute Gasteiger partial charge is 0.141 e. The molecule has 2 nitrogen and oxygen atoms in total. The van der Waals surface area contributed by atoms with Gasteiger partial charge in [-0.1, -0.05) is 5.16 Å². The number of hydrogen-bond acceptors (Lipinski definition) is 2. The van der Waals surface area contributed by atoms with E-state index in [0.29, 0.717) is 3.72 Å². The van der Waals surface area contributed by atoms with Gasteiger partial charge in [0.1, 0.15) is 3.72 Å². The Balaban J connectivity index is 3.89. The van der Waals surface area contributed by atoms with Crippen LogP contribution in [0.4, 0.5) is 0 Å². The van der Waals surface area contributed by atoms with E-state index in [4.69, 9.17) is 5.21 Å². The van der Waals surface area contributed by atoms with Crippen LogP contribution in [-0.4, -0.2) is 8.93 Å². The molecule has 0 aromatic carbocycles. The lowest BCUT2D eigenvalue weighted by Crippen LogP contribution is -1.76. The van der Waals surface area contributed by atoms with Crippen molar-refractivity contribution in [1.82, 2.24) is 0 Å². The normalized spacial score (nSPS) is 14.4. The maximum atomic E-state index is 8.12. The first-order chi connectivity index (χ1) is 3.66. The van der Waals surface area contributed by atoms with Gasteiger partial charge in [0.15, 0.2) is 0 Å². The molecule has 0 fully saturated rings. The van der Waals surface area contributed by atoms with Crippen LogP contribution in [0.5, 0.6) is 0 Å². The molecule has 0 spiro atoms. The zero-order valence-electron chi connectivity index (χ0n) is 4.23. The molecule has 0 radical (unpaired) electrons. The zero-order valence-corrected chi connectivity index (χ0v) is 8.54. The van der Waals surface area contributed by atoms with Crippen LogP contribution in [0, 0.1) is 0 Å². The van der Waals surface area contributed by atoms with Crippen molar-refractivity contribution in [1.29, 1.82) is 0 Å². The lowest BCUT2D eigenvalue weighted by atomic mass is 10.6. The maximum absolute atomic E-state index is 8.12. The van der Waals surface area contributed by atoms with E-state index in [1.807, 2.05) is 29.5 Å². The van der Waals surface area contributed by atoms with Gasteiger partial charge in [-0.05, 0) is 61.8 Å². The van der Waals surface area contributed by atoms with E-state index in [9.17, 15) is 0 Å². The minimum absolute atomic E-state index is 0.606. The summed E-state index contributed by atoms with van der Waals surface area (Å²) >= 11 is 4.08. The molecule has 4 heteroatoms. The van der Waals surface area contributed by atoms with Gasteiger partial charge in [-0.25, -0.2) is 0 Å². The molecule has 46 valence electrons. The minimum atomic E-state index is 0.606. The van der Waals surface area contributed by atoms with Crippen LogP contribution < -0.4 is 0 Å². The summed E-state index contributed by atoms with van der Waals surface area (Å²) in [5, 5.41) is 11.1. The standard InChI is InChI=1S/C4H5I2NO/c1-3(5)2-4(6)7-8/h2,8H,1H3/b3-2-,7-4+. The highest BCUT2D eigenvalue weighted by Crippen LogP contribution is 2.05. The molecule has 0 saturated carbocycles. The molecule has 1 N–H and O–H groups in total. The van der Waals surface area contributed by atoms with E-state index in [2.05, 4.69) is 27.7 Å². The molecule has 0 aliphatic heterocycles. The number of oxime groups is 1. The molecule has 0 unspecified atom stereocenters. The Labute approximate surface area is 75.3 Å². The summed E-state index contributed by atoms with van der Waals surface area (Å²) in [7, 11) is 0. The Bertz CT molecular complexity index is 126. The van der Waals surface area contributed by atoms with E-state index in [0.717, 1.165) is 3.58 Å². The van der Waals surface area contributed by atoms with Crippen LogP contribution in [0.2, 0.25) is 0 Å². The largest absolute Gasteiger partial charge is 0.410 e. The predicted octanol–water partition coefficient (Wildman–Crippen LogP) is 2.55. The summed E-state index contributed by atoms with van der Waals surface area (Å²) in [6.07, 6.45) is 1.78. The van der Waals surface area contributed by atoms with Gasteiger partial charge in [0.05, 0.1) is 0 Å². The minimum Gasteiger partial charge on any atom is -0.410 e. The van der Waals surface area contributed by atoms with Crippen molar-refractivity contribution in [2.75, 3.05) is 0 Å². The van der Waals surface area contributed by atoms with Gasteiger partial charge in [0, 0.05) is 0 Å². The molecule has 0 aliphatic rings. The predicted molar refractivity (Wildman–Crippen MR) is 51.0 cm³/mol. The molecule has 0 aliphatic carbocycles. The van der Waals surface area contributed by atoms with E-state index >= 15 is 0 Å². The number of nitrogens with zero attached hydrogens (tertiary/aromatic N) is 1. The third kappa shape index (κ3) is 4.82. The van der Waals surface area contributed by atoms with E-state index in [1.165, 1.54) is 0 Å². The van der Waals surface area contributed by atoms with Crippen molar-refractivity contribution in [3.05, 3.63) is 9.66 Å². The molecule has 0 rings (SSSR count). The first kappa shape index (κ1) is 8.67. The van der Waals surface area contributed by atoms with Crippen molar-refractivity contribution in [3.63, 3.8) is 0 Å². The molecule has 8 heavy (non-hydrogen) atoms. The fraction of sp³-hybridized carbons (Fsp3) is 0.250. The highest BCUT2D eigenvalue weighted by Gasteiger charge is 1.84. The summed E-state index contributed by atoms with van der Waals surface area (Å²) in [5.74, 6) is 0. The Hall–Kier alpha value is 0.670.